The normalized spacial score (nSPS) is 15.6. The fraction of sp³-hybridized carbons (Fsp3) is 0.533. The maximum absolute atomic E-state index is 12.3. The summed E-state index contributed by atoms with van der Waals surface area (Å²) in [6.45, 7) is 6.16. The molecule has 0 aliphatic heterocycles. The molecule has 0 spiro atoms. The highest BCUT2D eigenvalue weighted by Crippen LogP contribution is 2.29. The van der Waals surface area contributed by atoms with Crippen molar-refractivity contribution in [2.75, 3.05) is 7.11 Å². The molecule has 2 unspecified atom stereocenters. The minimum absolute atomic E-state index is 0.238. The summed E-state index contributed by atoms with van der Waals surface area (Å²) in [7, 11) is 1.43. The predicted octanol–water partition coefficient (Wildman–Crippen LogP) is 3.62. The van der Waals surface area contributed by atoms with Crippen LogP contribution in [0.1, 0.15) is 39.2 Å². The maximum Gasteiger partial charge on any atom is 0.330 e. The van der Waals surface area contributed by atoms with Crippen molar-refractivity contribution in [3.05, 3.63) is 34.3 Å². The van der Waals surface area contributed by atoms with E-state index in [0.717, 1.165) is 16.5 Å². The molecule has 0 aliphatic rings. The highest BCUT2D eigenvalue weighted by molar-refractivity contribution is 9.10. The Labute approximate surface area is 123 Å². The molecule has 0 bridgehead atoms. The SMILES string of the molecule is CCC(C)NC(CC)(C(=O)OC)c1ccc(Br)cc1. The molecule has 0 aliphatic carbocycles. The number of benzene rings is 1. The molecule has 106 valence electrons. The van der Waals surface area contributed by atoms with Gasteiger partial charge in [0.05, 0.1) is 7.11 Å². The first kappa shape index (κ1) is 16.2. The van der Waals surface area contributed by atoms with Crippen LogP contribution < -0.4 is 5.32 Å². The van der Waals surface area contributed by atoms with Crippen molar-refractivity contribution in [3.8, 4) is 0 Å². The van der Waals surface area contributed by atoms with Gasteiger partial charge in [0, 0.05) is 10.5 Å². The summed E-state index contributed by atoms with van der Waals surface area (Å²) in [5.41, 5.74) is 0.163. The summed E-state index contributed by atoms with van der Waals surface area (Å²) >= 11 is 3.42. The third-order valence-corrected chi connectivity index (χ3v) is 4.04. The molecule has 3 nitrogen and oxygen atoms in total. The van der Waals surface area contributed by atoms with Gasteiger partial charge in [-0.1, -0.05) is 41.9 Å². The Hall–Kier alpha value is -0.870. The van der Waals surface area contributed by atoms with Crippen molar-refractivity contribution < 1.29 is 9.53 Å². The summed E-state index contributed by atoms with van der Waals surface area (Å²) in [5.74, 6) is -0.238. The van der Waals surface area contributed by atoms with Gasteiger partial charge in [-0.05, 0) is 37.5 Å². The molecule has 1 rings (SSSR count). The zero-order chi connectivity index (χ0) is 14.5. The number of ether oxygens (including phenoxy) is 1. The first-order chi connectivity index (χ1) is 9.00. The summed E-state index contributed by atoms with van der Waals surface area (Å²) in [4.78, 5) is 12.3. The molecule has 0 saturated heterocycles. The number of esters is 1. The molecule has 1 aromatic carbocycles. The number of methoxy groups -OCH3 is 1. The van der Waals surface area contributed by atoms with Crippen molar-refractivity contribution in [2.45, 2.75) is 45.2 Å². The summed E-state index contributed by atoms with van der Waals surface area (Å²) in [6.07, 6.45) is 1.60. The lowest BCUT2D eigenvalue weighted by Gasteiger charge is -2.34. The van der Waals surface area contributed by atoms with Gasteiger partial charge in [0.1, 0.15) is 5.54 Å². The lowest BCUT2D eigenvalue weighted by molar-refractivity contribution is -0.149. The zero-order valence-electron chi connectivity index (χ0n) is 12.0. The lowest BCUT2D eigenvalue weighted by atomic mass is 9.86. The first-order valence-electron chi connectivity index (χ1n) is 6.62. The Morgan fingerprint density at radius 3 is 2.37 bits per heavy atom. The van der Waals surface area contributed by atoms with E-state index in [9.17, 15) is 4.79 Å². The van der Waals surface area contributed by atoms with Gasteiger partial charge in [-0.2, -0.15) is 0 Å². The zero-order valence-corrected chi connectivity index (χ0v) is 13.6. The molecule has 4 heteroatoms. The Balaban J connectivity index is 3.23. The van der Waals surface area contributed by atoms with E-state index in [2.05, 4.69) is 35.1 Å². The van der Waals surface area contributed by atoms with Gasteiger partial charge >= 0.3 is 5.97 Å². The van der Waals surface area contributed by atoms with Crippen LogP contribution >= 0.6 is 15.9 Å². The monoisotopic (exact) mass is 327 g/mol. The Bertz CT molecular complexity index is 419. The number of nitrogens with one attached hydrogen (secondary N) is 1. The van der Waals surface area contributed by atoms with Crippen LogP contribution in [0, 0.1) is 0 Å². The number of carbonyl (C=O) groups is 1. The van der Waals surface area contributed by atoms with Gasteiger partial charge in [-0.3, -0.25) is 5.32 Å². The van der Waals surface area contributed by atoms with Gasteiger partial charge in [0.25, 0.3) is 0 Å². The van der Waals surface area contributed by atoms with Crippen LogP contribution in [0.15, 0.2) is 28.7 Å². The Kier molecular flexibility index (Phi) is 6.01. The number of hydrogen-bond donors (Lipinski definition) is 1. The van der Waals surface area contributed by atoms with Crippen LogP contribution in [0.25, 0.3) is 0 Å². The minimum Gasteiger partial charge on any atom is -0.467 e. The first-order valence-corrected chi connectivity index (χ1v) is 7.41. The van der Waals surface area contributed by atoms with E-state index < -0.39 is 5.54 Å². The van der Waals surface area contributed by atoms with Crippen molar-refractivity contribution >= 4 is 21.9 Å². The molecule has 0 aromatic heterocycles. The third-order valence-electron chi connectivity index (χ3n) is 3.51. The van der Waals surface area contributed by atoms with E-state index in [4.69, 9.17) is 4.74 Å². The van der Waals surface area contributed by atoms with Crippen LogP contribution in [0.2, 0.25) is 0 Å². The van der Waals surface area contributed by atoms with E-state index in [1.165, 1.54) is 7.11 Å². The molecule has 0 radical (unpaired) electrons. The number of halogens is 1. The second-order valence-electron chi connectivity index (χ2n) is 4.71. The molecule has 0 heterocycles. The summed E-state index contributed by atoms with van der Waals surface area (Å²) in [6, 6.07) is 8.05. The topological polar surface area (TPSA) is 38.3 Å². The van der Waals surface area contributed by atoms with Crippen molar-refractivity contribution in [1.29, 1.82) is 0 Å². The van der Waals surface area contributed by atoms with E-state index >= 15 is 0 Å². The largest absolute Gasteiger partial charge is 0.467 e. The number of hydrogen-bond acceptors (Lipinski definition) is 3. The molecular formula is C15H22BrNO2. The molecule has 0 saturated carbocycles. The molecule has 1 aromatic rings. The fourth-order valence-electron chi connectivity index (χ4n) is 2.14. The molecule has 2 atom stereocenters. The molecular weight excluding hydrogens is 306 g/mol. The van der Waals surface area contributed by atoms with Gasteiger partial charge in [0.15, 0.2) is 0 Å². The quantitative estimate of drug-likeness (QED) is 0.811. The fourth-order valence-corrected chi connectivity index (χ4v) is 2.41. The molecule has 0 fully saturated rings. The number of rotatable bonds is 6. The van der Waals surface area contributed by atoms with Crippen LogP contribution in [0.4, 0.5) is 0 Å². The summed E-state index contributed by atoms with van der Waals surface area (Å²) in [5, 5.41) is 3.43. The smallest absolute Gasteiger partial charge is 0.330 e. The molecule has 0 amide bonds. The van der Waals surface area contributed by atoms with Gasteiger partial charge in [-0.15, -0.1) is 0 Å². The highest BCUT2D eigenvalue weighted by Gasteiger charge is 2.40. The van der Waals surface area contributed by atoms with Crippen molar-refractivity contribution in [2.24, 2.45) is 0 Å². The average molecular weight is 328 g/mol. The standard InChI is InChI=1S/C15H22BrNO2/c1-5-11(3)17-15(6-2,14(18)19-4)12-7-9-13(16)10-8-12/h7-11,17H,5-6H2,1-4H3. The second kappa shape index (κ2) is 7.06. The second-order valence-corrected chi connectivity index (χ2v) is 5.63. The van der Waals surface area contributed by atoms with E-state index in [1.54, 1.807) is 0 Å². The average Bonchev–Trinajstić information content (AvgIpc) is 2.44. The van der Waals surface area contributed by atoms with Gasteiger partial charge < -0.3 is 4.74 Å². The van der Waals surface area contributed by atoms with Gasteiger partial charge in [-0.25, -0.2) is 4.79 Å². The third kappa shape index (κ3) is 3.57. The van der Waals surface area contributed by atoms with Crippen molar-refractivity contribution in [1.82, 2.24) is 5.32 Å². The van der Waals surface area contributed by atoms with E-state index in [-0.39, 0.29) is 12.0 Å². The van der Waals surface area contributed by atoms with Crippen LogP contribution in [0.3, 0.4) is 0 Å². The van der Waals surface area contributed by atoms with Crippen LogP contribution in [-0.2, 0) is 15.1 Å². The van der Waals surface area contributed by atoms with Crippen molar-refractivity contribution in [3.63, 3.8) is 0 Å². The molecule has 1 N–H and O–H groups in total. The lowest BCUT2D eigenvalue weighted by Crippen LogP contribution is -2.52. The predicted molar refractivity (Wildman–Crippen MR) is 81.0 cm³/mol. The van der Waals surface area contributed by atoms with E-state index in [0.29, 0.717) is 6.42 Å². The van der Waals surface area contributed by atoms with Crippen LogP contribution in [0.5, 0.6) is 0 Å². The van der Waals surface area contributed by atoms with Crippen LogP contribution in [-0.4, -0.2) is 19.1 Å². The van der Waals surface area contributed by atoms with E-state index in [1.807, 2.05) is 31.2 Å². The molecule has 19 heavy (non-hydrogen) atoms. The highest BCUT2D eigenvalue weighted by atomic mass is 79.9. The Morgan fingerprint density at radius 2 is 1.95 bits per heavy atom. The number of carbonyl (C=O) groups excluding carboxylic acids is 1. The maximum atomic E-state index is 12.3. The Morgan fingerprint density at radius 1 is 1.37 bits per heavy atom. The summed E-state index contributed by atoms with van der Waals surface area (Å²) < 4.78 is 6.02. The van der Waals surface area contributed by atoms with Gasteiger partial charge in [0.2, 0.25) is 0 Å². The minimum atomic E-state index is -0.773.